The van der Waals surface area contributed by atoms with Gasteiger partial charge in [-0.05, 0) is 48.4 Å². The number of fused-ring (bicyclic) bond motifs is 1. The van der Waals surface area contributed by atoms with Crippen LogP contribution in [0.1, 0.15) is 50.0 Å². The van der Waals surface area contributed by atoms with Crippen LogP contribution in [0.5, 0.6) is 5.75 Å². The molecule has 174 valence electrons. The Bertz CT molecular complexity index is 1240. The maximum absolute atomic E-state index is 13.8. The van der Waals surface area contributed by atoms with E-state index in [0.717, 1.165) is 34.1 Å². The van der Waals surface area contributed by atoms with Crippen LogP contribution in [0.3, 0.4) is 0 Å². The van der Waals surface area contributed by atoms with E-state index in [4.69, 9.17) is 9.15 Å². The summed E-state index contributed by atoms with van der Waals surface area (Å²) in [6, 6.07) is 18.6. The van der Waals surface area contributed by atoms with Crippen molar-refractivity contribution < 1.29 is 18.7 Å². The van der Waals surface area contributed by atoms with Gasteiger partial charge in [0.15, 0.2) is 5.78 Å². The Labute approximate surface area is 199 Å². The van der Waals surface area contributed by atoms with Crippen molar-refractivity contribution in [3.8, 4) is 5.75 Å². The number of ether oxygens (including phenoxy) is 1. The van der Waals surface area contributed by atoms with Crippen molar-refractivity contribution in [1.82, 2.24) is 0 Å². The van der Waals surface area contributed by atoms with E-state index in [1.807, 2.05) is 74.5 Å². The molecule has 2 atom stereocenters. The Hall–Kier alpha value is -3.80. The minimum atomic E-state index is -0.544. The van der Waals surface area contributed by atoms with Crippen molar-refractivity contribution in [2.45, 2.75) is 38.6 Å². The molecule has 0 spiro atoms. The summed E-state index contributed by atoms with van der Waals surface area (Å²) >= 11 is 0. The van der Waals surface area contributed by atoms with E-state index in [2.05, 4.69) is 5.32 Å². The van der Waals surface area contributed by atoms with E-state index in [1.165, 1.54) is 0 Å². The average Bonchev–Trinajstić information content (AvgIpc) is 3.34. The standard InChI is InChI=1S/C28H28N2O4/c1-17(2)28(32)30-23-8-5-4-7-21(23)29-22-15-19(25-9-6-14-34-25)16-24(31)26(22)27(30)18-10-12-20(33-3)13-11-18/h4-14,17,19,27,29H,15-16H2,1-3H3. The Kier molecular flexibility index (Phi) is 5.74. The van der Waals surface area contributed by atoms with Crippen molar-refractivity contribution in [1.29, 1.82) is 0 Å². The van der Waals surface area contributed by atoms with E-state index in [0.29, 0.717) is 18.4 Å². The van der Waals surface area contributed by atoms with E-state index >= 15 is 0 Å². The van der Waals surface area contributed by atoms with Crippen LogP contribution >= 0.6 is 0 Å². The number of carbonyl (C=O) groups is 2. The van der Waals surface area contributed by atoms with E-state index in [9.17, 15) is 9.59 Å². The number of Topliss-reactive ketones (excluding diaryl/α,β-unsaturated/α-hetero) is 1. The molecule has 0 saturated carbocycles. The highest BCUT2D eigenvalue weighted by Gasteiger charge is 2.42. The first kappa shape index (κ1) is 22.0. The highest BCUT2D eigenvalue weighted by Crippen LogP contribution is 2.47. The normalized spacial score (nSPS) is 19.9. The molecular weight excluding hydrogens is 428 g/mol. The second kappa shape index (κ2) is 8.86. The molecule has 0 radical (unpaired) electrons. The second-order valence-corrected chi connectivity index (χ2v) is 9.12. The third-order valence-corrected chi connectivity index (χ3v) is 6.60. The fourth-order valence-corrected chi connectivity index (χ4v) is 4.94. The smallest absolute Gasteiger partial charge is 0.230 e. The van der Waals surface area contributed by atoms with Crippen LogP contribution in [-0.4, -0.2) is 18.8 Å². The van der Waals surface area contributed by atoms with Gasteiger partial charge in [0, 0.05) is 29.5 Å². The van der Waals surface area contributed by atoms with Crippen molar-refractivity contribution in [3.05, 3.63) is 89.5 Å². The number of furan rings is 1. The van der Waals surface area contributed by atoms with Gasteiger partial charge in [0.25, 0.3) is 0 Å². The number of nitrogens with zero attached hydrogens (tertiary/aromatic N) is 1. The first-order chi connectivity index (χ1) is 16.5. The summed E-state index contributed by atoms with van der Waals surface area (Å²) in [7, 11) is 1.62. The molecule has 0 bridgehead atoms. The number of anilines is 2. The molecule has 5 rings (SSSR count). The van der Waals surface area contributed by atoms with Gasteiger partial charge >= 0.3 is 0 Å². The topological polar surface area (TPSA) is 71.8 Å². The number of amides is 1. The zero-order chi connectivity index (χ0) is 23.8. The molecule has 2 unspecified atom stereocenters. The summed E-state index contributed by atoms with van der Waals surface area (Å²) in [5.74, 6) is 1.21. The molecule has 1 amide bonds. The zero-order valence-electron chi connectivity index (χ0n) is 19.6. The first-order valence-electron chi connectivity index (χ1n) is 11.6. The number of carbonyl (C=O) groups excluding carboxylic acids is 2. The van der Waals surface area contributed by atoms with Gasteiger partial charge in [-0.3, -0.25) is 14.5 Å². The molecule has 1 aliphatic heterocycles. The molecule has 2 aliphatic rings. The largest absolute Gasteiger partial charge is 0.497 e. The second-order valence-electron chi connectivity index (χ2n) is 9.12. The number of allylic oxidation sites excluding steroid dienone is 1. The molecule has 0 fully saturated rings. The van der Waals surface area contributed by atoms with Crippen molar-refractivity contribution in [3.63, 3.8) is 0 Å². The fraction of sp³-hybridized carbons (Fsp3) is 0.286. The average molecular weight is 457 g/mol. The number of nitrogens with one attached hydrogen (secondary N) is 1. The van der Waals surface area contributed by atoms with Crippen molar-refractivity contribution >= 4 is 23.1 Å². The summed E-state index contributed by atoms with van der Waals surface area (Å²) in [5.41, 5.74) is 3.92. The van der Waals surface area contributed by atoms with Gasteiger partial charge in [0.05, 0.1) is 30.8 Å². The van der Waals surface area contributed by atoms with Gasteiger partial charge in [0.2, 0.25) is 5.91 Å². The maximum Gasteiger partial charge on any atom is 0.230 e. The molecule has 6 heteroatoms. The molecule has 0 saturated heterocycles. The van der Waals surface area contributed by atoms with E-state index in [-0.39, 0.29) is 23.5 Å². The van der Waals surface area contributed by atoms with Crippen LogP contribution in [0, 0.1) is 5.92 Å². The quantitative estimate of drug-likeness (QED) is 0.534. The number of ketones is 1. The number of para-hydroxylation sites is 2. The van der Waals surface area contributed by atoms with Gasteiger partial charge in [-0.25, -0.2) is 0 Å². The lowest BCUT2D eigenvalue weighted by atomic mass is 9.80. The van der Waals surface area contributed by atoms with Crippen LogP contribution in [0.25, 0.3) is 0 Å². The number of benzene rings is 2. The van der Waals surface area contributed by atoms with Gasteiger partial charge in [-0.2, -0.15) is 0 Å². The number of methoxy groups -OCH3 is 1. The van der Waals surface area contributed by atoms with Gasteiger partial charge in [-0.1, -0.05) is 38.1 Å². The third kappa shape index (κ3) is 3.79. The molecule has 1 aromatic heterocycles. The Morgan fingerprint density at radius 3 is 2.50 bits per heavy atom. The molecular formula is C28H28N2O4. The summed E-state index contributed by atoms with van der Waals surface area (Å²) in [6.07, 6.45) is 2.60. The van der Waals surface area contributed by atoms with Crippen LogP contribution in [0.4, 0.5) is 11.4 Å². The van der Waals surface area contributed by atoms with Crippen LogP contribution in [0.15, 0.2) is 82.6 Å². The molecule has 34 heavy (non-hydrogen) atoms. The lowest BCUT2D eigenvalue weighted by Gasteiger charge is -2.35. The van der Waals surface area contributed by atoms with Crippen LogP contribution in [-0.2, 0) is 9.59 Å². The highest BCUT2D eigenvalue weighted by molar-refractivity contribution is 6.06. The predicted molar refractivity (Wildman–Crippen MR) is 131 cm³/mol. The van der Waals surface area contributed by atoms with Gasteiger partial charge in [-0.15, -0.1) is 0 Å². The highest BCUT2D eigenvalue weighted by atomic mass is 16.5. The Morgan fingerprint density at radius 2 is 1.82 bits per heavy atom. The van der Waals surface area contributed by atoms with Gasteiger partial charge in [0.1, 0.15) is 11.5 Å². The molecule has 3 aromatic rings. The van der Waals surface area contributed by atoms with Crippen molar-refractivity contribution in [2.75, 3.05) is 17.3 Å². The number of rotatable bonds is 4. The summed E-state index contributed by atoms with van der Waals surface area (Å²) in [4.78, 5) is 29.3. The molecule has 1 N–H and O–H groups in total. The minimum Gasteiger partial charge on any atom is -0.497 e. The lowest BCUT2D eigenvalue weighted by molar-refractivity contribution is -0.121. The maximum atomic E-state index is 13.8. The minimum absolute atomic E-state index is 0.0188. The predicted octanol–water partition coefficient (Wildman–Crippen LogP) is 5.84. The van der Waals surface area contributed by atoms with E-state index < -0.39 is 6.04 Å². The summed E-state index contributed by atoms with van der Waals surface area (Å²) in [5, 5.41) is 3.53. The van der Waals surface area contributed by atoms with E-state index in [1.54, 1.807) is 18.3 Å². The summed E-state index contributed by atoms with van der Waals surface area (Å²) in [6.45, 7) is 3.78. The number of hydrogen-bond donors (Lipinski definition) is 1. The lowest BCUT2D eigenvalue weighted by Crippen LogP contribution is -2.40. The third-order valence-electron chi connectivity index (χ3n) is 6.60. The molecule has 6 nitrogen and oxygen atoms in total. The van der Waals surface area contributed by atoms with Gasteiger partial charge < -0.3 is 14.5 Å². The number of hydrogen-bond acceptors (Lipinski definition) is 5. The molecule has 2 aromatic carbocycles. The SMILES string of the molecule is COc1ccc(C2C3=C(CC(c4ccco4)CC3=O)Nc3ccccc3N2C(=O)C(C)C)cc1. The molecule has 1 aliphatic carbocycles. The monoisotopic (exact) mass is 456 g/mol. The van der Waals surface area contributed by atoms with Crippen molar-refractivity contribution in [2.24, 2.45) is 5.92 Å². The molecule has 2 heterocycles. The Morgan fingerprint density at radius 1 is 1.06 bits per heavy atom. The van der Waals surface area contributed by atoms with Crippen LogP contribution < -0.4 is 15.0 Å². The summed E-state index contributed by atoms with van der Waals surface area (Å²) < 4.78 is 11.0. The van der Waals surface area contributed by atoms with Crippen LogP contribution in [0.2, 0.25) is 0 Å². The Balaban J connectivity index is 1.72. The fourth-order valence-electron chi connectivity index (χ4n) is 4.94. The zero-order valence-corrected chi connectivity index (χ0v) is 19.6. The first-order valence-corrected chi connectivity index (χ1v) is 11.6.